The van der Waals surface area contributed by atoms with Gasteiger partial charge in [0.15, 0.2) is 0 Å². The topological polar surface area (TPSA) is 37.3 Å². The molecule has 0 fully saturated rings. The fourth-order valence-corrected chi connectivity index (χ4v) is 1.74. The summed E-state index contributed by atoms with van der Waals surface area (Å²) in [6.07, 6.45) is 4.42. The zero-order valence-electron chi connectivity index (χ0n) is 10.8. The molecule has 1 aromatic rings. The smallest absolute Gasteiger partial charge is 0.303 e. The summed E-state index contributed by atoms with van der Waals surface area (Å²) in [5.74, 6) is 0.0486. The molecule has 0 radical (unpaired) electrons. The van der Waals surface area contributed by atoms with Crippen LogP contribution in [0.5, 0.6) is 0 Å². The summed E-state index contributed by atoms with van der Waals surface area (Å²) < 4.78 is 0. The highest BCUT2D eigenvalue weighted by molar-refractivity contribution is 5.67. The molecule has 0 aliphatic heterocycles. The monoisotopic (exact) mass is 234 g/mol. The second-order valence-electron chi connectivity index (χ2n) is 4.76. The van der Waals surface area contributed by atoms with E-state index in [1.807, 2.05) is 0 Å². The first kappa shape index (κ1) is 13.8. The summed E-state index contributed by atoms with van der Waals surface area (Å²) in [7, 11) is 0. The molecule has 1 aromatic carbocycles. The van der Waals surface area contributed by atoms with Gasteiger partial charge >= 0.3 is 5.97 Å². The summed E-state index contributed by atoms with van der Waals surface area (Å²) in [5.41, 5.74) is 2.46. The van der Waals surface area contributed by atoms with E-state index >= 15 is 0 Å². The van der Waals surface area contributed by atoms with Crippen molar-refractivity contribution in [3.63, 3.8) is 0 Å². The largest absolute Gasteiger partial charge is 0.481 e. The third kappa shape index (κ3) is 5.53. The maximum Gasteiger partial charge on any atom is 0.303 e. The van der Waals surface area contributed by atoms with Gasteiger partial charge < -0.3 is 5.11 Å². The van der Waals surface area contributed by atoms with Crippen molar-refractivity contribution < 1.29 is 9.90 Å². The quantitative estimate of drug-likeness (QED) is 0.781. The third-order valence-electron chi connectivity index (χ3n) is 3.27. The van der Waals surface area contributed by atoms with Gasteiger partial charge in [0.25, 0.3) is 0 Å². The van der Waals surface area contributed by atoms with E-state index < -0.39 is 5.97 Å². The molecule has 17 heavy (non-hydrogen) atoms. The average molecular weight is 234 g/mol. The molecular formula is C15H22O2. The number of aliphatic carboxylic acids is 1. The van der Waals surface area contributed by atoms with E-state index in [9.17, 15) is 4.79 Å². The van der Waals surface area contributed by atoms with Gasteiger partial charge in [0, 0.05) is 6.42 Å². The Hall–Kier alpha value is -1.31. The minimum atomic E-state index is -0.731. The van der Waals surface area contributed by atoms with E-state index in [0.717, 1.165) is 17.9 Å². The lowest BCUT2D eigenvalue weighted by molar-refractivity contribution is -0.136. The Labute approximate surface area is 104 Å². The molecule has 2 nitrogen and oxygen atoms in total. The van der Waals surface area contributed by atoms with Crippen LogP contribution in [0.25, 0.3) is 0 Å². The van der Waals surface area contributed by atoms with Crippen LogP contribution in [0.15, 0.2) is 24.3 Å². The second-order valence-corrected chi connectivity index (χ2v) is 4.76. The van der Waals surface area contributed by atoms with E-state index in [1.165, 1.54) is 18.4 Å². The van der Waals surface area contributed by atoms with Crippen LogP contribution in [0, 0.1) is 5.92 Å². The van der Waals surface area contributed by atoms with Crippen LogP contribution in [0.1, 0.15) is 44.2 Å². The van der Waals surface area contributed by atoms with Crippen molar-refractivity contribution in [3.8, 4) is 0 Å². The molecule has 0 saturated carbocycles. The number of carboxylic acids is 1. The Morgan fingerprint density at radius 2 is 1.71 bits per heavy atom. The third-order valence-corrected chi connectivity index (χ3v) is 3.27. The second kappa shape index (κ2) is 7.10. The summed E-state index contributed by atoms with van der Waals surface area (Å²) >= 11 is 0. The molecule has 0 saturated heterocycles. The van der Waals surface area contributed by atoms with Crippen LogP contribution in [-0.4, -0.2) is 11.1 Å². The fourth-order valence-electron chi connectivity index (χ4n) is 1.74. The first-order valence-corrected chi connectivity index (χ1v) is 6.41. The van der Waals surface area contributed by atoms with E-state index in [2.05, 4.69) is 38.1 Å². The van der Waals surface area contributed by atoms with Crippen molar-refractivity contribution >= 4 is 5.97 Å². The molecule has 1 unspecified atom stereocenters. The van der Waals surface area contributed by atoms with Crippen molar-refractivity contribution in [3.05, 3.63) is 35.4 Å². The predicted molar refractivity (Wildman–Crippen MR) is 70.2 cm³/mol. The highest BCUT2D eigenvalue weighted by Gasteiger charge is 2.01. The number of hydrogen-bond acceptors (Lipinski definition) is 1. The zero-order valence-corrected chi connectivity index (χ0v) is 10.8. The minimum Gasteiger partial charge on any atom is -0.481 e. The van der Waals surface area contributed by atoms with Crippen LogP contribution in [0.4, 0.5) is 0 Å². The maximum absolute atomic E-state index is 10.5. The number of aryl methyl sites for hydroxylation is 2. The molecule has 0 aliphatic rings. The maximum atomic E-state index is 10.5. The number of hydrogen-bond donors (Lipinski definition) is 1. The average Bonchev–Trinajstić information content (AvgIpc) is 2.34. The molecule has 0 aliphatic carbocycles. The van der Waals surface area contributed by atoms with Crippen molar-refractivity contribution in [2.45, 2.75) is 46.0 Å². The molecular weight excluding hydrogens is 212 g/mol. The summed E-state index contributed by atoms with van der Waals surface area (Å²) in [5, 5.41) is 8.60. The number of carbonyl (C=O) groups is 1. The van der Waals surface area contributed by atoms with Crippen LogP contribution >= 0.6 is 0 Å². The summed E-state index contributed by atoms with van der Waals surface area (Å²) in [4.78, 5) is 10.5. The Kier molecular flexibility index (Phi) is 5.75. The highest BCUT2D eigenvalue weighted by atomic mass is 16.4. The van der Waals surface area contributed by atoms with Gasteiger partial charge in [0.05, 0.1) is 0 Å². The van der Waals surface area contributed by atoms with Crippen LogP contribution in [-0.2, 0) is 17.6 Å². The van der Waals surface area contributed by atoms with Crippen LogP contribution in [0.2, 0.25) is 0 Å². The molecule has 1 atom stereocenters. The zero-order chi connectivity index (χ0) is 12.7. The van der Waals surface area contributed by atoms with Crippen LogP contribution < -0.4 is 0 Å². The van der Waals surface area contributed by atoms with E-state index in [0.29, 0.717) is 6.42 Å². The van der Waals surface area contributed by atoms with E-state index in [4.69, 9.17) is 5.11 Å². The van der Waals surface area contributed by atoms with Gasteiger partial charge in [-0.3, -0.25) is 4.79 Å². The standard InChI is InChI=1S/C15H22O2/c1-3-12(2)4-5-13-6-8-14(9-7-13)10-11-15(16)17/h6-9,12H,3-5,10-11H2,1-2H3,(H,16,17). The highest BCUT2D eigenvalue weighted by Crippen LogP contribution is 2.13. The van der Waals surface area contributed by atoms with Gasteiger partial charge in [-0.15, -0.1) is 0 Å². The molecule has 0 amide bonds. The lowest BCUT2D eigenvalue weighted by Gasteiger charge is -2.08. The molecule has 2 heteroatoms. The summed E-state index contributed by atoms with van der Waals surface area (Å²) in [6, 6.07) is 8.35. The van der Waals surface area contributed by atoms with Crippen molar-refractivity contribution in [2.75, 3.05) is 0 Å². The fraction of sp³-hybridized carbons (Fsp3) is 0.533. The lowest BCUT2D eigenvalue weighted by Crippen LogP contribution is -1.98. The Balaban J connectivity index is 2.41. The van der Waals surface area contributed by atoms with Crippen molar-refractivity contribution in [1.29, 1.82) is 0 Å². The minimum absolute atomic E-state index is 0.214. The molecule has 1 rings (SSSR count). The molecule has 1 N–H and O–H groups in total. The van der Waals surface area contributed by atoms with Gasteiger partial charge in [-0.05, 0) is 36.3 Å². The van der Waals surface area contributed by atoms with Crippen molar-refractivity contribution in [2.24, 2.45) is 5.92 Å². The molecule has 0 aromatic heterocycles. The first-order chi connectivity index (χ1) is 8.11. The number of rotatable bonds is 7. The molecule has 0 heterocycles. The Morgan fingerprint density at radius 1 is 1.18 bits per heavy atom. The molecule has 94 valence electrons. The first-order valence-electron chi connectivity index (χ1n) is 6.41. The molecule has 0 spiro atoms. The predicted octanol–water partition coefficient (Wildman–Crippen LogP) is 3.68. The Bertz CT molecular complexity index is 340. The normalized spacial score (nSPS) is 12.4. The van der Waals surface area contributed by atoms with Crippen molar-refractivity contribution in [1.82, 2.24) is 0 Å². The van der Waals surface area contributed by atoms with Gasteiger partial charge in [0.2, 0.25) is 0 Å². The SMILES string of the molecule is CCC(C)CCc1ccc(CCC(=O)O)cc1. The van der Waals surface area contributed by atoms with E-state index in [-0.39, 0.29) is 6.42 Å². The number of benzene rings is 1. The van der Waals surface area contributed by atoms with Gasteiger partial charge in [-0.25, -0.2) is 0 Å². The van der Waals surface area contributed by atoms with Gasteiger partial charge in [-0.2, -0.15) is 0 Å². The Morgan fingerprint density at radius 3 is 2.18 bits per heavy atom. The molecule has 0 bridgehead atoms. The van der Waals surface area contributed by atoms with E-state index in [1.54, 1.807) is 0 Å². The van der Waals surface area contributed by atoms with Crippen LogP contribution in [0.3, 0.4) is 0 Å². The lowest BCUT2D eigenvalue weighted by atomic mass is 9.98. The van der Waals surface area contributed by atoms with Gasteiger partial charge in [-0.1, -0.05) is 44.5 Å². The summed E-state index contributed by atoms with van der Waals surface area (Å²) in [6.45, 7) is 4.50. The van der Waals surface area contributed by atoms with Gasteiger partial charge in [0.1, 0.15) is 0 Å². The number of carboxylic acid groups (broad SMARTS) is 1.